The van der Waals surface area contributed by atoms with Gasteiger partial charge in [0.25, 0.3) is 0 Å². The number of hydrogen-bond acceptors (Lipinski definition) is 4. The van der Waals surface area contributed by atoms with Gasteiger partial charge in [0.1, 0.15) is 5.58 Å². The van der Waals surface area contributed by atoms with Crippen molar-refractivity contribution in [2.24, 2.45) is 0 Å². The van der Waals surface area contributed by atoms with Crippen LogP contribution in [0.3, 0.4) is 0 Å². The second-order valence-corrected chi connectivity index (χ2v) is 6.16. The van der Waals surface area contributed by atoms with E-state index in [1.807, 2.05) is 31.2 Å². The summed E-state index contributed by atoms with van der Waals surface area (Å²) in [6.45, 7) is 5.28. The zero-order valence-corrected chi connectivity index (χ0v) is 14.7. The Kier molecular flexibility index (Phi) is 5.55. The third-order valence-corrected chi connectivity index (χ3v) is 4.53. The lowest BCUT2D eigenvalue weighted by Gasteiger charge is -2.32. The van der Waals surface area contributed by atoms with Gasteiger partial charge in [0.05, 0.1) is 12.8 Å². The molecule has 3 rings (SSSR count). The van der Waals surface area contributed by atoms with Gasteiger partial charge in [-0.25, -0.2) is 0 Å². The molecule has 2 heterocycles. The van der Waals surface area contributed by atoms with Gasteiger partial charge in [0.2, 0.25) is 5.91 Å². The van der Waals surface area contributed by atoms with E-state index in [2.05, 4.69) is 5.32 Å². The van der Waals surface area contributed by atoms with E-state index in [1.54, 1.807) is 12.8 Å². The smallest absolute Gasteiger partial charge is 0.312 e. The van der Waals surface area contributed by atoms with Crippen molar-refractivity contribution in [3.05, 3.63) is 42.6 Å². The van der Waals surface area contributed by atoms with E-state index in [0.717, 1.165) is 16.5 Å². The van der Waals surface area contributed by atoms with Gasteiger partial charge in [-0.2, -0.15) is 0 Å². The van der Waals surface area contributed by atoms with Crippen LogP contribution in [0.15, 0.2) is 34.9 Å². The van der Waals surface area contributed by atoms with Crippen LogP contribution < -0.4 is 5.32 Å². The van der Waals surface area contributed by atoms with Gasteiger partial charge < -0.3 is 19.5 Å². The minimum atomic E-state index is -0.528. The molecule has 1 fully saturated rings. The van der Waals surface area contributed by atoms with Crippen LogP contribution in [0.1, 0.15) is 18.9 Å². The minimum Gasteiger partial charge on any atom is -0.464 e. The first kappa shape index (κ1) is 18.0. The maximum atomic E-state index is 12.0. The average molecular weight is 356 g/mol. The van der Waals surface area contributed by atoms with Gasteiger partial charge in [0, 0.05) is 43.5 Å². The molecule has 1 aliphatic rings. The number of furan rings is 1. The Hall–Kier alpha value is -2.83. The first-order valence-electron chi connectivity index (χ1n) is 8.74. The van der Waals surface area contributed by atoms with Crippen LogP contribution in [-0.2, 0) is 20.8 Å². The Balaban J connectivity index is 1.42. The number of rotatable bonds is 7. The number of piperazine rings is 1. The summed E-state index contributed by atoms with van der Waals surface area (Å²) in [6.07, 6.45) is 2.40. The third-order valence-electron chi connectivity index (χ3n) is 4.53. The first-order chi connectivity index (χ1) is 12.6. The number of para-hydroxylation sites is 1. The number of hydrogen-bond donors (Lipinski definition) is 1. The van der Waals surface area contributed by atoms with E-state index >= 15 is 0 Å². The van der Waals surface area contributed by atoms with Crippen LogP contribution in [0.25, 0.3) is 11.0 Å². The van der Waals surface area contributed by atoms with Crippen molar-refractivity contribution >= 4 is 28.7 Å². The first-order valence-corrected chi connectivity index (χ1v) is 8.74. The molecule has 0 bridgehead atoms. The Labute approximate surface area is 151 Å². The zero-order chi connectivity index (χ0) is 18.5. The number of benzene rings is 1. The highest BCUT2D eigenvalue weighted by Crippen LogP contribution is 2.21. The lowest BCUT2D eigenvalue weighted by molar-refractivity contribution is -0.156. The summed E-state index contributed by atoms with van der Waals surface area (Å²) in [5.74, 6) is -1.20. The molecule has 1 N–H and O–H groups in total. The lowest BCUT2D eigenvalue weighted by Crippen LogP contribution is -2.54. The van der Waals surface area contributed by atoms with E-state index in [0.29, 0.717) is 26.1 Å². The summed E-state index contributed by atoms with van der Waals surface area (Å²) in [5, 5.41) is 3.76. The highest BCUT2D eigenvalue weighted by Gasteiger charge is 2.31. The summed E-state index contributed by atoms with van der Waals surface area (Å²) < 4.78 is 5.46. The van der Waals surface area contributed by atoms with Gasteiger partial charge in [-0.1, -0.05) is 18.2 Å². The van der Waals surface area contributed by atoms with Crippen molar-refractivity contribution in [1.29, 1.82) is 0 Å². The second-order valence-electron chi connectivity index (χ2n) is 6.16. The van der Waals surface area contributed by atoms with Crippen LogP contribution in [-0.4, -0.2) is 53.7 Å². The molecule has 1 saturated heterocycles. The molecule has 0 saturated carbocycles. The molecular formula is C19H22N3O4. The van der Waals surface area contributed by atoms with E-state index in [9.17, 15) is 14.4 Å². The molecule has 2 aromatic rings. The number of likely N-dealkylation sites (N-methyl/N-ethyl adjacent to an activating group) is 1. The van der Waals surface area contributed by atoms with Crippen molar-refractivity contribution in [2.75, 3.05) is 26.2 Å². The summed E-state index contributed by atoms with van der Waals surface area (Å²) in [6, 6.07) is 7.72. The van der Waals surface area contributed by atoms with E-state index < -0.39 is 11.8 Å². The SMILES string of the molecule is CCN1CCN(CCC(=O)N[CH]Cc2coc3ccccc23)C(=O)C1=O. The van der Waals surface area contributed by atoms with Crippen molar-refractivity contribution in [3.8, 4) is 0 Å². The molecule has 3 amide bonds. The molecule has 0 aliphatic carbocycles. The maximum absolute atomic E-state index is 12.0. The summed E-state index contributed by atoms with van der Waals surface area (Å²) >= 11 is 0. The molecule has 7 heteroatoms. The molecule has 1 aromatic heterocycles. The number of amides is 3. The normalized spacial score (nSPS) is 15.0. The summed E-state index contributed by atoms with van der Waals surface area (Å²) in [4.78, 5) is 38.8. The fourth-order valence-corrected chi connectivity index (χ4v) is 3.00. The van der Waals surface area contributed by atoms with Crippen molar-refractivity contribution in [2.45, 2.75) is 19.8 Å². The maximum Gasteiger partial charge on any atom is 0.312 e. The number of nitrogens with one attached hydrogen (secondary N) is 1. The quantitative estimate of drug-likeness (QED) is 0.759. The van der Waals surface area contributed by atoms with Gasteiger partial charge in [-0.3, -0.25) is 14.4 Å². The Morgan fingerprint density at radius 3 is 2.73 bits per heavy atom. The van der Waals surface area contributed by atoms with Crippen molar-refractivity contribution in [1.82, 2.24) is 15.1 Å². The molecule has 0 unspecified atom stereocenters. The van der Waals surface area contributed by atoms with Gasteiger partial charge >= 0.3 is 11.8 Å². The fourth-order valence-electron chi connectivity index (χ4n) is 3.00. The molecule has 1 radical (unpaired) electrons. The van der Waals surface area contributed by atoms with Crippen molar-refractivity contribution in [3.63, 3.8) is 0 Å². The van der Waals surface area contributed by atoms with Crippen LogP contribution in [0.5, 0.6) is 0 Å². The van der Waals surface area contributed by atoms with Crippen molar-refractivity contribution < 1.29 is 18.8 Å². The molecule has 1 aliphatic heterocycles. The molecule has 0 spiro atoms. The van der Waals surface area contributed by atoms with E-state index in [1.165, 1.54) is 9.80 Å². The van der Waals surface area contributed by atoms with E-state index in [-0.39, 0.29) is 18.9 Å². The second kappa shape index (κ2) is 8.03. The number of carbonyl (C=O) groups excluding carboxylic acids is 3. The zero-order valence-electron chi connectivity index (χ0n) is 14.7. The Morgan fingerprint density at radius 1 is 1.19 bits per heavy atom. The molecule has 0 atom stereocenters. The number of nitrogens with zero attached hydrogens (tertiary/aromatic N) is 2. The molecule has 7 nitrogen and oxygen atoms in total. The monoisotopic (exact) mass is 356 g/mol. The summed E-state index contributed by atoms with van der Waals surface area (Å²) in [5.41, 5.74) is 1.81. The molecule has 26 heavy (non-hydrogen) atoms. The Bertz CT molecular complexity index is 814. The van der Waals surface area contributed by atoms with Gasteiger partial charge in [-0.05, 0) is 19.4 Å². The van der Waals surface area contributed by atoms with E-state index in [4.69, 9.17) is 4.42 Å². The highest BCUT2D eigenvalue weighted by molar-refractivity contribution is 6.35. The Morgan fingerprint density at radius 2 is 1.92 bits per heavy atom. The topological polar surface area (TPSA) is 82.9 Å². The lowest BCUT2D eigenvalue weighted by atomic mass is 10.1. The predicted octanol–water partition coefficient (Wildman–Crippen LogP) is 1.33. The largest absolute Gasteiger partial charge is 0.464 e. The average Bonchev–Trinajstić information content (AvgIpc) is 3.06. The third kappa shape index (κ3) is 3.87. The molecular weight excluding hydrogens is 334 g/mol. The standard InChI is InChI=1S/C19H22N3O4/c1-2-21-11-12-22(19(25)18(21)24)10-8-17(23)20-9-7-14-13-26-16-6-4-3-5-15(14)16/h3-6,9,13H,2,7-8,10-12H2,1H3,(H,20,23). The van der Waals surface area contributed by atoms with Gasteiger partial charge in [-0.15, -0.1) is 0 Å². The van der Waals surface area contributed by atoms with Gasteiger partial charge in [0.15, 0.2) is 0 Å². The van der Waals surface area contributed by atoms with Crippen LogP contribution in [0.4, 0.5) is 0 Å². The highest BCUT2D eigenvalue weighted by atomic mass is 16.3. The van der Waals surface area contributed by atoms with Crippen LogP contribution >= 0.6 is 0 Å². The van der Waals surface area contributed by atoms with Crippen LogP contribution in [0, 0.1) is 6.54 Å². The number of carbonyl (C=O) groups is 3. The number of fused-ring (bicyclic) bond motifs is 1. The fraction of sp³-hybridized carbons (Fsp3) is 0.368. The molecule has 137 valence electrons. The predicted molar refractivity (Wildman–Crippen MR) is 95.8 cm³/mol. The van der Waals surface area contributed by atoms with Crippen LogP contribution in [0.2, 0.25) is 0 Å². The summed E-state index contributed by atoms with van der Waals surface area (Å²) in [7, 11) is 0. The molecule has 1 aromatic carbocycles. The minimum absolute atomic E-state index is 0.160.